The first-order valence-corrected chi connectivity index (χ1v) is 26.5. The van der Waals surface area contributed by atoms with E-state index in [1.807, 2.05) is 42.5 Å². The van der Waals surface area contributed by atoms with Crippen LogP contribution in [-0.4, -0.2) is 130 Å². The van der Waals surface area contributed by atoms with E-state index in [9.17, 15) is 48.6 Å². The first-order valence-electron chi connectivity index (χ1n) is 24.4. The van der Waals surface area contributed by atoms with Crippen LogP contribution in [0.4, 0.5) is 0 Å². The molecule has 0 spiro atoms. The number of fused-ring (bicyclic) bond motifs is 1. The van der Waals surface area contributed by atoms with Crippen molar-refractivity contribution in [2.24, 2.45) is 23.1 Å². The van der Waals surface area contributed by atoms with Gasteiger partial charge in [-0.3, -0.25) is 38.4 Å². The van der Waals surface area contributed by atoms with Crippen molar-refractivity contribution < 1.29 is 48.6 Å². The number of thiol groups is 2. The normalized spacial score (nSPS) is 14.9. The summed E-state index contributed by atoms with van der Waals surface area (Å²) < 4.78 is 0.601. The third-order valence-electron chi connectivity index (χ3n) is 12.2. The lowest BCUT2D eigenvalue weighted by Gasteiger charge is -2.29. The van der Waals surface area contributed by atoms with Crippen molar-refractivity contribution in [1.82, 2.24) is 37.2 Å². The molecule has 20 nitrogen and oxygen atoms in total. The van der Waals surface area contributed by atoms with Gasteiger partial charge in [-0.15, -0.1) is 0 Å². The summed E-state index contributed by atoms with van der Waals surface area (Å²) >= 11 is 12.0. The van der Waals surface area contributed by atoms with Crippen molar-refractivity contribution in [2.75, 3.05) is 18.1 Å². The summed E-state index contributed by atoms with van der Waals surface area (Å²) in [5, 5.41) is 40.3. The number of nitrogens with one attached hydrogen (secondary N) is 7. The number of hydrogen-bond acceptors (Lipinski definition) is 14. The Bertz CT molecular complexity index is 2610. The number of aliphatic hydroxyl groups is 1. The van der Waals surface area contributed by atoms with E-state index in [4.69, 9.17) is 17.2 Å². The molecule has 8 amide bonds. The summed E-state index contributed by atoms with van der Waals surface area (Å²) in [6, 6.07) is 15.9. The molecule has 75 heavy (non-hydrogen) atoms. The SMILES string of the molecule is CC(C)[C@H](NC(=O)[C@H](CCCCN)NC(=O)[C@@H](Cc1ccccc1Br)NC(=O)[C@H](Cc1ccc(O)cc1)NC(=O)[C@H](CS)NC(=O)[C@@H](N)Cc1ccc2ccccc2c1)C(=O)N[C@@H](CS)C(=O)N[C@H](C(N)=O)[C@@H](C)O. The van der Waals surface area contributed by atoms with E-state index in [0.717, 1.165) is 16.3 Å². The molecule has 406 valence electrons. The van der Waals surface area contributed by atoms with E-state index in [2.05, 4.69) is 78.4 Å². The molecule has 0 aliphatic carbocycles. The Morgan fingerprint density at radius 3 is 1.63 bits per heavy atom. The Hall–Kier alpha value is -6.24. The lowest BCUT2D eigenvalue weighted by Crippen LogP contribution is -2.62. The number of aliphatic hydroxyl groups excluding tert-OH is 1. The fourth-order valence-electron chi connectivity index (χ4n) is 7.86. The minimum atomic E-state index is -1.46. The zero-order chi connectivity index (χ0) is 55.4. The average molecular weight is 1140 g/mol. The van der Waals surface area contributed by atoms with Gasteiger partial charge in [0.2, 0.25) is 47.3 Å². The number of benzene rings is 4. The summed E-state index contributed by atoms with van der Waals surface area (Å²) in [6.45, 7) is 4.80. The number of phenolic OH excluding ortho intramolecular Hbond substituents is 1. The molecule has 0 aromatic heterocycles. The number of aromatic hydroxyl groups is 1. The molecule has 0 bridgehead atoms. The number of carbonyl (C=O) groups is 8. The van der Waals surface area contributed by atoms with Gasteiger partial charge in [0.05, 0.1) is 12.1 Å². The summed E-state index contributed by atoms with van der Waals surface area (Å²) in [5.74, 6) is -7.51. The molecule has 9 atom stereocenters. The number of halogens is 1. The molecule has 0 saturated carbocycles. The Labute approximate surface area is 455 Å². The lowest BCUT2D eigenvalue weighted by molar-refractivity contribution is -0.136. The summed E-state index contributed by atoms with van der Waals surface area (Å²) in [4.78, 5) is 110. The van der Waals surface area contributed by atoms with Crippen LogP contribution in [0.5, 0.6) is 5.75 Å². The van der Waals surface area contributed by atoms with E-state index < -0.39 is 108 Å². The molecule has 4 aromatic rings. The van der Waals surface area contributed by atoms with Gasteiger partial charge in [-0.2, -0.15) is 25.3 Å². The number of phenols is 1. The Morgan fingerprint density at radius 2 is 1.05 bits per heavy atom. The first kappa shape index (κ1) is 61.3. The largest absolute Gasteiger partial charge is 0.508 e. The van der Waals surface area contributed by atoms with Gasteiger partial charge in [-0.1, -0.05) is 103 Å². The second kappa shape index (κ2) is 30.3. The summed E-state index contributed by atoms with van der Waals surface area (Å²) in [7, 11) is 0. The van der Waals surface area contributed by atoms with Crippen molar-refractivity contribution in [2.45, 2.75) is 114 Å². The van der Waals surface area contributed by atoms with Crippen LogP contribution in [0.25, 0.3) is 10.8 Å². The van der Waals surface area contributed by atoms with E-state index in [-0.39, 0.29) is 49.5 Å². The molecular weight excluding hydrogens is 1070 g/mol. The quantitative estimate of drug-likeness (QED) is 0.0262. The zero-order valence-electron chi connectivity index (χ0n) is 42.0. The van der Waals surface area contributed by atoms with Crippen LogP contribution in [0.15, 0.2) is 95.5 Å². The van der Waals surface area contributed by atoms with Crippen LogP contribution in [0.3, 0.4) is 0 Å². The second-order valence-corrected chi connectivity index (χ2v) is 20.1. The fourth-order valence-corrected chi connectivity index (χ4v) is 8.82. The molecule has 4 rings (SSSR count). The fraction of sp³-hybridized carbons (Fsp3) is 0.423. The Balaban J connectivity index is 1.58. The van der Waals surface area contributed by atoms with Crippen LogP contribution in [0.2, 0.25) is 0 Å². The van der Waals surface area contributed by atoms with Crippen molar-refractivity contribution in [1.29, 1.82) is 0 Å². The molecule has 15 N–H and O–H groups in total. The van der Waals surface area contributed by atoms with E-state index in [1.165, 1.54) is 19.1 Å². The maximum Gasteiger partial charge on any atom is 0.244 e. The van der Waals surface area contributed by atoms with Crippen molar-refractivity contribution in [3.05, 3.63) is 112 Å². The van der Waals surface area contributed by atoms with Crippen LogP contribution >= 0.6 is 41.2 Å². The number of carbonyl (C=O) groups excluding carboxylic acids is 8. The monoisotopic (exact) mass is 1140 g/mol. The minimum Gasteiger partial charge on any atom is -0.508 e. The highest BCUT2D eigenvalue weighted by Crippen LogP contribution is 2.20. The zero-order valence-corrected chi connectivity index (χ0v) is 45.3. The van der Waals surface area contributed by atoms with Crippen LogP contribution in [0.1, 0.15) is 56.7 Å². The third kappa shape index (κ3) is 19.1. The van der Waals surface area contributed by atoms with E-state index >= 15 is 0 Å². The standard InChI is InChI=1S/C52H69BrN10O10S2/c1-28(2)43(52(73)61-42(27-75)51(72)63-44(29(3)64)45(56)66)62-47(68)38(14-8-9-21-54)57-49(70)40(25-34-12-6-7-13-36(34)53)59-48(69)39(24-30-16-19-35(65)20-17-30)58-50(71)41(26-74)60-46(67)37(55)23-31-15-18-32-10-4-5-11-33(32)22-31/h4-7,10-13,15-20,22,28-29,37-44,64-65,74-75H,8-9,14,21,23-27,54-55H2,1-3H3,(H2,56,66)(H,57,70)(H,58,71)(H,59,69)(H,60,67)(H,61,73)(H,62,68)(H,63,72)/t29-,37+,38+,39+,40-,41+,42+,43+,44+/m1/s1. The van der Waals surface area contributed by atoms with Crippen molar-refractivity contribution in [3.8, 4) is 5.75 Å². The van der Waals surface area contributed by atoms with Gasteiger partial charge >= 0.3 is 0 Å². The molecule has 0 aliphatic heterocycles. The number of primary amides is 1. The Kier molecular flexibility index (Phi) is 24.8. The molecule has 23 heteroatoms. The number of unbranched alkanes of at least 4 members (excludes halogenated alkanes) is 1. The van der Waals surface area contributed by atoms with Crippen molar-refractivity contribution >= 4 is 99.2 Å². The highest BCUT2D eigenvalue weighted by molar-refractivity contribution is 9.10. The van der Waals surface area contributed by atoms with Crippen LogP contribution < -0.4 is 54.4 Å². The molecular formula is C52H69BrN10O10S2. The lowest BCUT2D eigenvalue weighted by atomic mass is 10.00. The second-order valence-electron chi connectivity index (χ2n) is 18.5. The average Bonchev–Trinajstić information content (AvgIpc) is 3.37. The smallest absolute Gasteiger partial charge is 0.244 e. The maximum atomic E-state index is 14.6. The van der Waals surface area contributed by atoms with Gasteiger partial charge in [0.15, 0.2) is 0 Å². The van der Waals surface area contributed by atoms with Gasteiger partial charge in [0, 0.05) is 28.8 Å². The number of nitrogens with two attached hydrogens (primary N) is 3. The molecule has 0 fully saturated rings. The van der Waals surface area contributed by atoms with Gasteiger partial charge < -0.3 is 64.6 Å². The number of amides is 8. The molecule has 0 saturated heterocycles. The molecule has 0 aliphatic rings. The maximum absolute atomic E-state index is 14.6. The predicted octanol–water partition coefficient (Wildman–Crippen LogP) is 0.567. The van der Waals surface area contributed by atoms with Crippen molar-refractivity contribution in [3.63, 3.8) is 0 Å². The molecule has 4 aromatic carbocycles. The summed E-state index contributed by atoms with van der Waals surface area (Å²) in [6.07, 6.45) is -0.560. The molecule has 0 unspecified atom stereocenters. The first-order chi connectivity index (χ1) is 35.6. The highest BCUT2D eigenvalue weighted by Gasteiger charge is 2.35. The minimum absolute atomic E-state index is 0.0461. The van der Waals surface area contributed by atoms with Gasteiger partial charge in [-0.25, -0.2) is 0 Å². The van der Waals surface area contributed by atoms with Crippen LogP contribution in [0, 0.1) is 5.92 Å². The number of hydrogen-bond donors (Lipinski definition) is 14. The topological polar surface area (TPSA) is 339 Å². The summed E-state index contributed by atoms with van der Waals surface area (Å²) in [5.41, 5.74) is 19.4. The third-order valence-corrected chi connectivity index (χ3v) is 13.7. The van der Waals surface area contributed by atoms with Gasteiger partial charge in [0.1, 0.15) is 48.0 Å². The van der Waals surface area contributed by atoms with E-state index in [0.29, 0.717) is 28.4 Å². The highest BCUT2D eigenvalue weighted by atomic mass is 79.9. The van der Waals surface area contributed by atoms with Gasteiger partial charge in [-0.05, 0) is 90.7 Å². The van der Waals surface area contributed by atoms with E-state index in [1.54, 1.807) is 50.2 Å². The number of rotatable bonds is 29. The molecule has 0 radical (unpaired) electrons. The molecule has 0 heterocycles. The van der Waals surface area contributed by atoms with Gasteiger partial charge in [0.25, 0.3) is 0 Å². The predicted molar refractivity (Wildman–Crippen MR) is 295 cm³/mol. The van der Waals surface area contributed by atoms with Crippen LogP contribution in [-0.2, 0) is 57.6 Å². The Morgan fingerprint density at radius 1 is 0.560 bits per heavy atom.